The predicted molar refractivity (Wildman–Crippen MR) is 244 cm³/mol. The zero-order valence-corrected chi connectivity index (χ0v) is 38.6. The first-order valence-electron chi connectivity index (χ1n) is 22.3. The second kappa shape index (κ2) is 18.3. The van der Waals surface area contributed by atoms with Crippen molar-refractivity contribution in [1.82, 2.24) is 23.3 Å². The molecule has 9 rings (SSSR count). The zero-order chi connectivity index (χ0) is 43.9. The van der Waals surface area contributed by atoms with Crippen LogP contribution < -0.4 is 4.57 Å². The molecule has 4 aromatic heterocycles. The summed E-state index contributed by atoms with van der Waals surface area (Å²) in [5.74, 6) is 1.62. The SMILES string of the molecule is Cc1n(CC2CCc3c(c4ccccc4n3C)C2=O)cc[n+]1COC(=O)C1(CC(=O)OC(C)(C)C)CCCCC1.Cc1nccn1CC1CCc2c(c3ccccc3n2C)C1=O.Cl. The summed E-state index contributed by atoms with van der Waals surface area (Å²) >= 11 is 0. The fourth-order valence-corrected chi connectivity index (χ4v) is 10.2. The van der Waals surface area contributed by atoms with Crippen LogP contribution in [0.15, 0.2) is 73.3 Å². The van der Waals surface area contributed by atoms with E-state index in [4.69, 9.17) is 9.47 Å². The summed E-state index contributed by atoms with van der Waals surface area (Å²) < 4.78 is 21.8. The molecule has 0 N–H and O–H groups in total. The highest BCUT2D eigenvalue weighted by molar-refractivity contribution is 6.12. The molecule has 0 bridgehead atoms. The van der Waals surface area contributed by atoms with Gasteiger partial charge in [0, 0.05) is 90.2 Å². The Morgan fingerprint density at radius 1 is 0.794 bits per heavy atom. The number of benzene rings is 2. The smallest absolute Gasteiger partial charge is 0.315 e. The Hall–Kier alpha value is -5.49. The van der Waals surface area contributed by atoms with Gasteiger partial charge < -0.3 is 23.2 Å². The average Bonchev–Trinajstić information content (AvgIpc) is 3.98. The number of nitrogens with zero attached hydrogens (tertiary/aromatic N) is 6. The van der Waals surface area contributed by atoms with E-state index in [1.165, 1.54) is 5.69 Å². The standard InChI is InChI=1S/C32H42N3O5.C18H19N3O.ClH/c1-22-34(20-23-13-14-26-28(29(23)37)24-11-7-8-12-25(24)33(26)5)17-18-35(22)21-39-30(38)32(15-9-6-10-16-32)19-27(36)40-31(2,3)4;1-12-19-9-10-21(12)11-13-7-8-16-17(18(13)22)14-5-3-4-6-15(14)20(16)2;/h7-8,11-12,17-18,23H,6,9-10,13-16,19-21H2,1-5H3;3-6,9-10,13H,7-8,11H2,1-2H3;1H/q+1;;. The number of hydrogen-bond acceptors (Lipinski definition) is 7. The molecular formula is C50H62ClN6O6+. The molecule has 0 spiro atoms. The first-order valence-corrected chi connectivity index (χ1v) is 22.3. The number of halogens is 1. The van der Waals surface area contributed by atoms with E-state index in [-0.39, 0.29) is 60.9 Å². The van der Waals surface area contributed by atoms with E-state index in [0.717, 1.165) is 102 Å². The lowest BCUT2D eigenvalue weighted by Crippen LogP contribution is -2.43. The third-order valence-electron chi connectivity index (χ3n) is 13.6. The maximum Gasteiger partial charge on any atom is 0.315 e. The largest absolute Gasteiger partial charge is 0.460 e. The van der Waals surface area contributed by atoms with Crippen LogP contribution in [0, 0.1) is 31.1 Å². The molecule has 1 fully saturated rings. The van der Waals surface area contributed by atoms with Crippen LogP contribution in [0.1, 0.15) is 116 Å². The Morgan fingerprint density at radius 3 is 1.86 bits per heavy atom. The summed E-state index contributed by atoms with van der Waals surface area (Å²) in [5.41, 5.74) is 4.93. The number of hydrogen-bond donors (Lipinski definition) is 0. The molecule has 13 heteroatoms. The lowest BCUT2D eigenvalue weighted by atomic mass is 9.72. The van der Waals surface area contributed by atoms with Gasteiger partial charge >= 0.3 is 11.9 Å². The summed E-state index contributed by atoms with van der Waals surface area (Å²) in [6, 6.07) is 16.3. The molecule has 3 aliphatic carbocycles. The van der Waals surface area contributed by atoms with Crippen LogP contribution in [0.2, 0.25) is 0 Å². The Bertz CT molecular complexity index is 2670. The van der Waals surface area contributed by atoms with E-state index in [0.29, 0.717) is 19.4 Å². The van der Waals surface area contributed by atoms with Crippen LogP contribution in [0.3, 0.4) is 0 Å². The third-order valence-corrected chi connectivity index (χ3v) is 13.6. The summed E-state index contributed by atoms with van der Waals surface area (Å²) in [6.07, 6.45) is 15.3. The minimum absolute atomic E-state index is 0. The van der Waals surface area contributed by atoms with Gasteiger partial charge in [-0.15, -0.1) is 12.4 Å². The van der Waals surface area contributed by atoms with Crippen molar-refractivity contribution in [3.8, 4) is 0 Å². The number of carbonyl (C=O) groups excluding carboxylic acids is 4. The summed E-state index contributed by atoms with van der Waals surface area (Å²) in [7, 11) is 4.11. The van der Waals surface area contributed by atoms with Crippen LogP contribution in [0.25, 0.3) is 21.8 Å². The second-order valence-corrected chi connectivity index (χ2v) is 18.8. The molecule has 6 aromatic rings. The minimum Gasteiger partial charge on any atom is -0.460 e. The molecule has 0 radical (unpaired) electrons. The van der Waals surface area contributed by atoms with Crippen LogP contribution in [0.5, 0.6) is 0 Å². The normalized spacial score (nSPS) is 18.3. The van der Waals surface area contributed by atoms with Gasteiger partial charge in [0.15, 0.2) is 11.6 Å². The van der Waals surface area contributed by atoms with Crippen LogP contribution in [-0.4, -0.2) is 52.4 Å². The van der Waals surface area contributed by atoms with Gasteiger partial charge in [0.1, 0.15) is 30.4 Å². The molecule has 334 valence electrons. The first-order chi connectivity index (χ1) is 29.7. The highest BCUT2D eigenvalue weighted by Crippen LogP contribution is 2.41. The first kappa shape index (κ1) is 45.5. The predicted octanol–water partition coefficient (Wildman–Crippen LogP) is 8.75. The van der Waals surface area contributed by atoms with E-state index in [1.54, 1.807) is 6.20 Å². The number of aromatic nitrogens is 6. The highest BCUT2D eigenvalue weighted by Gasteiger charge is 2.44. The molecule has 2 aromatic carbocycles. The fraction of sp³-hybridized carbons (Fsp3) is 0.480. The Morgan fingerprint density at radius 2 is 1.33 bits per heavy atom. The summed E-state index contributed by atoms with van der Waals surface area (Å²) in [4.78, 5) is 57.0. The van der Waals surface area contributed by atoms with Gasteiger partial charge in [-0.05, 0) is 78.4 Å². The van der Waals surface area contributed by atoms with E-state index in [9.17, 15) is 19.2 Å². The number of ether oxygens (including phenoxy) is 2. The Balaban J connectivity index is 0.000000218. The van der Waals surface area contributed by atoms with Crippen molar-refractivity contribution in [2.24, 2.45) is 31.3 Å². The molecule has 4 heterocycles. The number of imidazole rings is 2. The molecule has 3 aliphatic rings. The molecular weight excluding hydrogens is 816 g/mol. The molecule has 2 unspecified atom stereocenters. The van der Waals surface area contributed by atoms with Crippen molar-refractivity contribution in [2.75, 3.05) is 0 Å². The number of fused-ring (bicyclic) bond motifs is 6. The quantitative estimate of drug-likeness (QED) is 0.105. The highest BCUT2D eigenvalue weighted by atomic mass is 35.5. The van der Waals surface area contributed by atoms with Crippen molar-refractivity contribution in [3.05, 3.63) is 107 Å². The van der Waals surface area contributed by atoms with Gasteiger partial charge in [-0.1, -0.05) is 55.7 Å². The number of carbonyl (C=O) groups is 4. The van der Waals surface area contributed by atoms with Crippen molar-refractivity contribution in [2.45, 2.75) is 124 Å². The van der Waals surface area contributed by atoms with Gasteiger partial charge in [0.25, 0.3) is 5.82 Å². The minimum atomic E-state index is -0.831. The number of para-hydroxylation sites is 2. The van der Waals surface area contributed by atoms with Crippen molar-refractivity contribution in [1.29, 1.82) is 0 Å². The third kappa shape index (κ3) is 9.01. The van der Waals surface area contributed by atoms with Crippen molar-refractivity contribution >= 4 is 57.7 Å². The van der Waals surface area contributed by atoms with Crippen molar-refractivity contribution < 1.29 is 33.2 Å². The van der Waals surface area contributed by atoms with Crippen molar-refractivity contribution in [3.63, 3.8) is 0 Å². The van der Waals surface area contributed by atoms with Crippen LogP contribution >= 0.6 is 12.4 Å². The maximum absolute atomic E-state index is 13.6. The molecule has 63 heavy (non-hydrogen) atoms. The van der Waals surface area contributed by atoms with Gasteiger partial charge in [-0.3, -0.25) is 19.2 Å². The van der Waals surface area contributed by atoms with E-state index >= 15 is 0 Å². The monoisotopic (exact) mass is 877 g/mol. The van der Waals surface area contributed by atoms with E-state index < -0.39 is 11.0 Å². The van der Waals surface area contributed by atoms with Gasteiger partial charge in [0.2, 0.25) is 6.73 Å². The lowest BCUT2D eigenvalue weighted by Gasteiger charge is -2.34. The lowest BCUT2D eigenvalue weighted by molar-refractivity contribution is -0.732. The number of aryl methyl sites for hydroxylation is 3. The maximum atomic E-state index is 13.6. The molecule has 0 saturated heterocycles. The fourth-order valence-electron chi connectivity index (χ4n) is 10.2. The van der Waals surface area contributed by atoms with Gasteiger partial charge in [-0.2, -0.15) is 4.57 Å². The molecule has 2 atom stereocenters. The number of rotatable bonds is 9. The molecule has 0 amide bonds. The van der Waals surface area contributed by atoms with Gasteiger partial charge in [0.05, 0.1) is 17.8 Å². The molecule has 1 saturated carbocycles. The summed E-state index contributed by atoms with van der Waals surface area (Å²) in [6.45, 7) is 10.8. The molecule has 12 nitrogen and oxygen atoms in total. The zero-order valence-electron chi connectivity index (χ0n) is 37.8. The Kier molecular flexibility index (Phi) is 13.2. The number of esters is 2. The second-order valence-electron chi connectivity index (χ2n) is 18.8. The Labute approximate surface area is 376 Å². The number of ketones is 2. The van der Waals surface area contributed by atoms with Crippen LogP contribution in [0.4, 0.5) is 0 Å². The number of Topliss-reactive ketones (excluding diaryl/α,β-unsaturated/α-hetero) is 2. The van der Waals surface area contributed by atoms with E-state index in [2.05, 4.69) is 48.5 Å². The van der Waals surface area contributed by atoms with Gasteiger partial charge in [-0.25, -0.2) is 9.55 Å². The average molecular weight is 879 g/mol. The van der Waals surface area contributed by atoms with Crippen LogP contribution in [-0.2, 0) is 65.8 Å². The van der Waals surface area contributed by atoms with E-state index in [1.807, 2.05) is 95.2 Å². The molecule has 0 aliphatic heterocycles. The summed E-state index contributed by atoms with van der Waals surface area (Å²) in [5, 5.41) is 2.13. The topological polar surface area (TPSA) is 123 Å².